The molecular weight excluding hydrogens is 308 g/mol. The van der Waals surface area contributed by atoms with Crippen molar-refractivity contribution in [2.45, 2.75) is 12.5 Å². The fourth-order valence-electron chi connectivity index (χ4n) is 0.456. The van der Waals surface area contributed by atoms with Crippen LogP contribution in [0.15, 0.2) is 0 Å². The second-order valence-electron chi connectivity index (χ2n) is 2.11. The van der Waals surface area contributed by atoms with Crippen molar-refractivity contribution in [3.05, 3.63) is 0 Å². The van der Waals surface area contributed by atoms with Crippen molar-refractivity contribution >= 4 is 80.6 Å². The molecule has 0 rings (SSSR count). The summed E-state index contributed by atoms with van der Waals surface area (Å²) in [5.74, 6) is -2.81. The summed E-state index contributed by atoms with van der Waals surface area (Å²) in [5.41, 5.74) is 4.93. The van der Waals surface area contributed by atoms with Gasteiger partial charge in [0.15, 0.2) is 0 Å². The zero-order chi connectivity index (χ0) is 10.6. The number of carbonyl (C=O) groups excluding carboxylic acids is 1. The molecule has 5 N–H and O–H groups in total. The third kappa shape index (κ3) is 16.7. The molecule has 0 fully saturated rings. The molecule has 0 aromatic rings. The molecule has 12 heteroatoms. The molecule has 0 unspecified atom stereocenters. The van der Waals surface area contributed by atoms with Gasteiger partial charge in [-0.3, -0.25) is 14.6 Å². The van der Waals surface area contributed by atoms with Crippen LogP contribution in [0.2, 0.25) is 0 Å². The van der Waals surface area contributed by atoms with Crippen LogP contribution in [0.3, 0.4) is 0 Å². The number of rotatable bonds is 4. The maximum Gasteiger partial charge on any atom is 2.00 e. The molecule has 0 radical (unpaired) electrons. The maximum absolute atomic E-state index is 10.6. The van der Waals surface area contributed by atoms with Crippen molar-refractivity contribution in [3.8, 4) is 0 Å². The van der Waals surface area contributed by atoms with Crippen LogP contribution in [0.4, 0.5) is 0 Å². The molecule has 1 atom stereocenters. The van der Waals surface area contributed by atoms with Gasteiger partial charge in [-0.05, 0) is 0 Å². The van der Waals surface area contributed by atoms with Crippen LogP contribution >= 0.6 is 7.82 Å². The summed E-state index contributed by atoms with van der Waals surface area (Å²) < 4.78 is 13.6. The molecule has 0 aromatic carbocycles. The van der Waals surface area contributed by atoms with Crippen LogP contribution in [0.25, 0.3) is 0 Å². The summed E-state index contributed by atoms with van der Waals surface area (Å²) in [6.07, 6.45) is -0.751. The minimum absolute atomic E-state index is 0. The first-order valence-electron chi connectivity index (χ1n) is 2.98. The van der Waals surface area contributed by atoms with Gasteiger partial charge in [0.1, 0.15) is 6.04 Å². The third-order valence-electron chi connectivity index (χ3n) is 0.906. The molecule has 0 spiro atoms. The van der Waals surface area contributed by atoms with Crippen LogP contribution in [0.1, 0.15) is 13.6 Å². The second-order valence-corrected chi connectivity index (χ2v) is 3.27. The number of aliphatic carboxylic acids is 1. The number of nitrogens with two attached hydrogens (primary N) is 1. The van der Waals surface area contributed by atoms with Crippen molar-refractivity contribution in [2.75, 3.05) is 0 Å². The summed E-state index contributed by atoms with van der Waals surface area (Å²) in [4.78, 5) is 36.9. The van der Waals surface area contributed by atoms with Crippen molar-refractivity contribution in [1.29, 1.82) is 0 Å². The van der Waals surface area contributed by atoms with E-state index in [0.29, 0.717) is 0 Å². The summed E-state index contributed by atoms with van der Waals surface area (Å²) in [6, 6.07) is -1.58. The van der Waals surface area contributed by atoms with Gasteiger partial charge in [-0.1, -0.05) is 0 Å². The molecule has 16 heavy (non-hydrogen) atoms. The first-order chi connectivity index (χ1) is 5.72. The fourth-order valence-corrected chi connectivity index (χ4v) is 0.826. The van der Waals surface area contributed by atoms with Crippen LogP contribution in [-0.4, -0.2) is 93.7 Å². The van der Waals surface area contributed by atoms with Crippen molar-refractivity contribution in [1.82, 2.24) is 0 Å². The standard InChI is InChI=1S/C4H8NO7P.Ca.K.Mg.5H/c5-2(1-3(6)7)4(8)12-13(9,10)11;;;;;;;;/h2H,1,5H2,(H,6,7)(H2,9,10,11);;;;;;;;/q;+2;+1;+2;5*-1/t2-;;;;;;;;/m0......../s1. The smallest absolute Gasteiger partial charge is 1.00 e. The molecule has 0 aromatic heterocycles. The quantitative estimate of drug-likeness (QED) is 0.298. The molecule has 0 saturated heterocycles. The Bertz CT molecular complexity index is 290. The van der Waals surface area contributed by atoms with E-state index >= 15 is 0 Å². The van der Waals surface area contributed by atoms with Gasteiger partial charge in [0.25, 0.3) is 0 Å². The molecule has 0 amide bonds. The summed E-state index contributed by atoms with van der Waals surface area (Å²) in [6.45, 7) is 0. The third-order valence-corrected chi connectivity index (χ3v) is 1.32. The second kappa shape index (κ2) is 12.7. The Labute approximate surface area is 187 Å². The van der Waals surface area contributed by atoms with E-state index in [4.69, 9.17) is 20.6 Å². The summed E-state index contributed by atoms with van der Waals surface area (Å²) in [7, 11) is -4.94. The minimum atomic E-state index is -4.94. The SMILES string of the molecule is N[C@@H](CC(=O)O)C(=O)OP(=O)(O)O.[Ca+2].[H-].[H-].[H-].[H-].[H-].[K+].[Mg+2]. The molecular formula is C4H13CaKMgNO7P. The Morgan fingerprint density at radius 2 is 1.81 bits per heavy atom. The molecule has 0 saturated carbocycles. The number of hydrogen-bond donors (Lipinski definition) is 4. The van der Waals surface area contributed by atoms with Gasteiger partial charge >= 0.3 is 132 Å². The van der Waals surface area contributed by atoms with E-state index in [1.54, 1.807) is 0 Å². The van der Waals surface area contributed by atoms with Gasteiger partial charge in [-0.15, -0.1) is 0 Å². The largest absolute Gasteiger partial charge is 2.00 e. The predicted octanol–water partition coefficient (Wildman–Crippen LogP) is -4.77. The Balaban J connectivity index is -0.0000000257. The van der Waals surface area contributed by atoms with Crippen molar-refractivity contribution in [2.24, 2.45) is 5.73 Å². The first kappa shape index (κ1) is 27.1. The van der Waals surface area contributed by atoms with Gasteiger partial charge in [0, 0.05) is 0 Å². The van der Waals surface area contributed by atoms with Crippen LogP contribution in [0, 0.1) is 0 Å². The number of phosphoric acid groups is 1. The molecule has 0 aliphatic heterocycles. The number of hydrogen-bond acceptors (Lipinski definition) is 5. The van der Waals surface area contributed by atoms with Crippen LogP contribution in [0.5, 0.6) is 0 Å². The predicted molar refractivity (Wildman–Crippen MR) is 55.4 cm³/mol. The van der Waals surface area contributed by atoms with Gasteiger partial charge in [-0.25, -0.2) is 9.36 Å². The molecule has 86 valence electrons. The molecule has 8 nitrogen and oxygen atoms in total. The number of phosphoric ester groups is 1. The normalized spacial score (nSPS) is 10.9. The number of carboxylic acid groups (broad SMARTS) is 1. The van der Waals surface area contributed by atoms with Gasteiger partial charge in [0.2, 0.25) is 0 Å². The van der Waals surface area contributed by atoms with Gasteiger partial charge in [0.05, 0.1) is 6.42 Å². The van der Waals surface area contributed by atoms with Gasteiger partial charge in [-0.2, -0.15) is 0 Å². The summed E-state index contributed by atoms with van der Waals surface area (Å²) in [5, 5.41) is 8.15. The van der Waals surface area contributed by atoms with Gasteiger partial charge < -0.3 is 22.5 Å². The Morgan fingerprint density at radius 1 is 1.44 bits per heavy atom. The monoisotopic (exact) mass is 321 g/mol. The maximum atomic E-state index is 10.6. The van der Waals surface area contributed by atoms with E-state index in [0.717, 1.165) is 0 Å². The van der Waals surface area contributed by atoms with Crippen molar-refractivity contribution in [3.63, 3.8) is 0 Å². The van der Waals surface area contributed by atoms with Crippen LogP contribution in [-0.2, 0) is 18.7 Å². The Morgan fingerprint density at radius 3 is 2.06 bits per heavy atom. The van der Waals surface area contributed by atoms with Crippen molar-refractivity contribution < 1.29 is 92.1 Å². The van der Waals surface area contributed by atoms with Crippen LogP contribution < -0.4 is 57.1 Å². The van der Waals surface area contributed by atoms with E-state index in [9.17, 15) is 14.2 Å². The zero-order valence-corrected chi connectivity index (χ0v) is 16.3. The molecule has 0 heterocycles. The average Bonchev–Trinajstić information content (AvgIpc) is 1.81. The van der Waals surface area contributed by atoms with E-state index in [2.05, 4.69) is 4.52 Å². The number of carboxylic acids is 1. The topological polar surface area (TPSA) is 147 Å². The van der Waals surface area contributed by atoms with E-state index in [-0.39, 0.29) is 119 Å². The Hall–Kier alpha value is 2.71. The first-order valence-corrected chi connectivity index (χ1v) is 4.52. The average molecular weight is 322 g/mol. The molecule has 0 bridgehead atoms. The molecule has 0 aliphatic rings. The zero-order valence-electron chi connectivity index (χ0n) is 13.7. The summed E-state index contributed by atoms with van der Waals surface area (Å²) >= 11 is 0. The number of carbonyl (C=O) groups is 2. The fraction of sp³-hybridized carbons (Fsp3) is 0.500. The van der Waals surface area contributed by atoms with E-state index < -0.39 is 32.2 Å². The Kier molecular flexibility index (Phi) is 21.6. The minimum Gasteiger partial charge on any atom is -1.00 e. The van der Waals surface area contributed by atoms with E-state index in [1.165, 1.54) is 0 Å². The van der Waals surface area contributed by atoms with E-state index in [1.807, 2.05) is 0 Å². The molecule has 0 aliphatic carbocycles.